The standard InChI is InChI=1S/C15H20.Zr/c1-10(2)12-8-9-13(11(3)4)15-7-5-6-14(12)15;/h5-6,8-11H,7H2,1-4H3;. The van der Waals surface area contributed by atoms with Crippen LogP contribution < -0.4 is 0 Å². The summed E-state index contributed by atoms with van der Waals surface area (Å²) in [7, 11) is 0. The average molecular weight is 292 g/mol. The van der Waals surface area contributed by atoms with Crippen molar-refractivity contribution in [3.8, 4) is 0 Å². The van der Waals surface area contributed by atoms with Gasteiger partial charge in [0.25, 0.3) is 0 Å². The minimum absolute atomic E-state index is 0. The molecule has 0 saturated carbocycles. The van der Waals surface area contributed by atoms with E-state index in [2.05, 4.69) is 52.0 Å². The van der Waals surface area contributed by atoms with Gasteiger partial charge in [-0.15, -0.1) is 0 Å². The summed E-state index contributed by atoms with van der Waals surface area (Å²) in [6.45, 7) is 9.11. The fourth-order valence-corrected chi connectivity index (χ4v) is 2.46. The van der Waals surface area contributed by atoms with Crippen molar-refractivity contribution >= 4 is 6.08 Å². The van der Waals surface area contributed by atoms with Gasteiger partial charge in [-0.05, 0) is 40.5 Å². The molecule has 0 saturated heterocycles. The Balaban J connectivity index is 0.00000128. The van der Waals surface area contributed by atoms with Crippen LogP contribution in [0.4, 0.5) is 0 Å². The summed E-state index contributed by atoms with van der Waals surface area (Å²) in [5, 5.41) is 0. The molecule has 1 aliphatic carbocycles. The van der Waals surface area contributed by atoms with Crippen LogP contribution in [0.15, 0.2) is 18.2 Å². The Hall–Kier alpha value is -0.157. The van der Waals surface area contributed by atoms with Gasteiger partial charge in [0.1, 0.15) is 0 Å². The first kappa shape index (κ1) is 13.9. The Kier molecular flexibility index (Phi) is 4.74. The summed E-state index contributed by atoms with van der Waals surface area (Å²) < 4.78 is 0. The number of rotatable bonds is 2. The molecule has 0 fully saturated rings. The van der Waals surface area contributed by atoms with Crippen LogP contribution in [0.3, 0.4) is 0 Å². The Bertz CT molecular complexity index is 400. The van der Waals surface area contributed by atoms with Crippen LogP contribution in [0.25, 0.3) is 6.08 Å². The van der Waals surface area contributed by atoms with Gasteiger partial charge in [0, 0.05) is 26.2 Å². The largest absolute Gasteiger partial charge is 0.0795 e. The van der Waals surface area contributed by atoms with E-state index in [4.69, 9.17) is 0 Å². The molecular formula is C15H20Zr. The van der Waals surface area contributed by atoms with Gasteiger partial charge in [0.05, 0.1) is 0 Å². The Morgan fingerprint density at radius 2 is 1.50 bits per heavy atom. The van der Waals surface area contributed by atoms with Crippen LogP contribution in [0.1, 0.15) is 61.8 Å². The SMILES string of the molecule is CC(C)c1ccc(C(C)C)c2c1C=CC2.[Zr]. The third-order valence-corrected chi connectivity index (χ3v) is 3.28. The molecule has 1 aromatic carbocycles. The van der Waals surface area contributed by atoms with Gasteiger partial charge in [-0.25, -0.2) is 0 Å². The molecule has 0 bridgehead atoms. The maximum Gasteiger partial charge on any atom is 0 e. The van der Waals surface area contributed by atoms with Gasteiger partial charge >= 0.3 is 0 Å². The normalized spacial score (nSPS) is 13.1. The Morgan fingerprint density at radius 3 is 2.06 bits per heavy atom. The summed E-state index contributed by atoms with van der Waals surface area (Å²) >= 11 is 0. The van der Waals surface area contributed by atoms with Gasteiger partial charge in [0.2, 0.25) is 0 Å². The molecule has 1 aliphatic rings. The van der Waals surface area contributed by atoms with Crippen molar-refractivity contribution in [3.63, 3.8) is 0 Å². The van der Waals surface area contributed by atoms with Crippen LogP contribution in [0.5, 0.6) is 0 Å². The fraction of sp³-hybridized carbons (Fsp3) is 0.467. The Labute approximate surface area is 118 Å². The molecule has 0 atom stereocenters. The van der Waals surface area contributed by atoms with E-state index in [9.17, 15) is 0 Å². The molecule has 0 nitrogen and oxygen atoms in total. The van der Waals surface area contributed by atoms with Crippen molar-refractivity contribution in [2.45, 2.75) is 46.0 Å². The summed E-state index contributed by atoms with van der Waals surface area (Å²) in [6, 6.07) is 4.64. The van der Waals surface area contributed by atoms with Gasteiger partial charge < -0.3 is 0 Å². The number of benzene rings is 1. The fourth-order valence-electron chi connectivity index (χ4n) is 2.46. The molecule has 16 heavy (non-hydrogen) atoms. The van der Waals surface area contributed by atoms with E-state index in [0.29, 0.717) is 11.8 Å². The summed E-state index contributed by atoms with van der Waals surface area (Å²) in [4.78, 5) is 0. The predicted molar refractivity (Wildman–Crippen MR) is 67.4 cm³/mol. The summed E-state index contributed by atoms with van der Waals surface area (Å²) in [5.74, 6) is 1.27. The first-order valence-electron chi connectivity index (χ1n) is 5.93. The second kappa shape index (κ2) is 5.45. The van der Waals surface area contributed by atoms with Crippen LogP contribution >= 0.6 is 0 Å². The van der Waals surface area contributed by atoms with E-state index in [0.717, 1.165) is 6.42 Å². The third kappa shape index (κ3) is 2.40. The maximum atomic E-state index is 2.33. The minimum Gasteiger partial charge on any atom is -0.0795 e. The maximum absolute atomic E-state index is 2.33. The number of hydrogen-bond acceptors (Lipinski definition) is 0. The number of hydrogen-bond donors (Lipinski definition) is 0. The zero-order valence-corrected chi connectivity index (χ0v) is 13.1. The zero-order valence-electron chi connectivity index (χ0n) is 10.7. The van der Waals surface area contributed by atoms with E-state index >= 15 is 0 Å². The van der Waals surface area contributed by atoms with Crippen molar-refractivity contribution in [2.75, 3.05) is 0 Å². The number of allylic oxidation sites excluding steroid dienone is 1. The molecule has 0 heterocycles. The van der Waals surface area contributed by atoms with Gasteiger partial charge in [-0.2, -0.15) is 0 Å². The van der Waals surface area contributed by atoms with Gasteiger partial charge in [-0.1, -0.05) is 52.0 Å². The first-order chi connectivity index (χ1) is 7.11. The van der Waals surface area contributed by atoms with E-state index < -0.39 is 0 Å². The molecule has 0 radical (unpaired) electrons. The predicted octanol–water partition coefficient (Wildman–Crippen LogP) is 4.50. The van der Waals surface area contributed by atoms with E-state index in [1.54, 1.807) is 5.56 Å². The minimum atomic E-state index is 0. The van der Waals surface area contributed by atoms with E-state index in [1.807, 2.05) is 0 Å². The first-order valence-corrected chi connectivity index (χ1v) is 5.93. The van der Waals surface area contributed by atoms with E-state index in [1.165, 1.54) is 16.7 Å². The molecule has 0 N–H and O–H groups in total. The average Bonchev–Trinajstić information content (AvgIpc) is 2.63. The molecule has 0 aromatic heterocycles. The van der Waals surface area contributed by atoms with Crippen molar-refractivity contribution < 1.29 is 26.2 Å². The van der Waals surface area contributed by atoms with Crippen LogP contribution in [0.2, 0.25) is 0 Å². The zero-order chi connectivity index (χ0) is 11.0. The third-order valence-electron chi connectivity index (χ3n) is 3.28. The van der Waals surface area contributed by atoms with Crippen molar-refractivity contribution in [2.24, 2.45) is 0 Å². The molecule has 1 heteroatoms. The Morgan fingerprint density at radius 1 is 0.938 bits per heavy atom. The monoisotopic (exact) mass is 290 g/mol. The molecular weight excluding hydrogens is 271 g/mol. The topological polar surface area (TPSA) is 0 Å². The number of fused-ring (bicyclic) bond motifs is 1. The molecule has 2 rings (SSSR count). The van der Waals surface area contributed by atoms with Crippen molar-refractivity contribution in [1.29, 1.82) is 0 Å². The summed E-state index contributed by atoms with van der Waals surface area (Å²) in [6.07, 6.45) is 5.72. The molecule has 0 spiro atoms. The van der Waals surface area contributed by atoms with Crippen LogP contribution in [-0.2, 0) is 32.6 Å². The molecule has 0 aliphatic heterocycles. The van der Waals surface area contributed by atoms with Gasteiger partial charge in [-0.3, -0.25) is 0 Å². The van der Waals surface area contributed by atoms with Crippen molar-refractivity contribution in [3.05, 3.63) is 40.5 Å². The smallest absolute Gasteiger partial charge is 0 e. The second-order valence-electron chi connectivity index (χ2n) is 5.05. The summed E-state index contributed by atoms with van der Waals surface area (Å²) in [5.41, 5.74) is 6.09. The van der Waals surface area contributed by atoms with Crippen molar-refractivity contribution in [1.82, 2.24) is 0 Å². The van der Waals surface area contributed by atoms with Gasteiger partial charge in [0.15, 0.2) is 0 Å². The molecule has 84 valence electrons. The van der Waals surface area contributed by atoms with Crippen LogP contribution in [0, 0.1) is 0 Å². The molecule has 0 amide bonds. The van der Waals surface area contributed by atoms with E-state index in [-0.39, 0.29) is 26.2 Å². The molecule has 0 unspecified atom stereocenters. The quantitative estimate of drug-likeness (QED) is 0.752. The molecule has 1 aromatic rings. The van der Waals surface area contributed by atoms with Crippen LogP contribution in [-0.4, -0.2) is 0 Å². The second-order valence-corrected chi connectivity index (χ2v) is 5.05.